The summed E-state index contributed by atoms with van der Waals surface area (Å²) in [6, 6.07) is 15.8. The van der Waals surface area contributed by atoms with Gasteiger partial charge >= 0.3 is 6.03 Å². The van der Waals surface area contributed by atoms with E-state index in [2.05, 4.69) is 11.4 Å². The summed E-state index contributed by atoms with van der Waals surface area (Å²) in [5.41, 5.74) is 8.31. The molecule has 2 unspecified atom stereocenters. The predicted molar refractivity (Wildman–Crippen MR) is 88.3 cm³/mol. The van der Waals surface area contributed by atoms with Gasteiger partial charge < -0.3 is 15.2 Å². The molecule has 2 aliphatic heterocycles. The molecule has 0 saturated heterocycles. The van der Waals surface area contributed by atoms with Gasteiger partial charge in [0.1, 0.15) is 5.75 Å². The van der Waals surface area contributed by atoms with Crippen molar-refractivity contribution in [3.8, 4) is 5.75 Å². The van der Waals surface area contributed by atoms with Crippen LogP contribution in [0.15, 0.2) is 42.5 Å². The molecule has 0 spiro atoms. The standard InChI is InChI=1S/C18H18N3O3/c19-17(22)21-15-7-3-1-5-12(15)11-24-18(21)20-14-9-10-23-16-8-4-2-6-13(14)16/h2-8,14,18,20H,9-11H2,(H2,19,22). The number of anilines is 1. The lowest BCUT2D eigenvalue weighted by Gasteiger charge is -2.39. The normalized spacial score (nSPS) is 22.2. The molecule has 0 fully saturated rings. The van der Waals surface area contributed by atoms with Gasteiger partial charge in [0.2, 0.25) is 0 Å². The smallest absolute Gasteiger partial charge is 0.322 e. The van der Waals surface area contributed by atoms with Gasteiger partial charge in [-0.05, 0) is 24.3 Å². The molecule has 2 heterocycles. The van der Waals surface area contributed by atoms with Crippen LogP contribution in [0.25, 0.3) is 0 Å². The first kappa shape index (κ1) is 15.0. The van der Waals surface area contributed by atoms with E-state index in [-0.39, 0.29) is 6.04 Å². The van der Waals surface area contributed by atoms with Crippen LogP contribution in [0.3, 0.4) is 0 Å². The largest absolute Gasteiger partial charge is 0.493 e. The SMILES string of the molecule is NC(=O)N1c2cc[c]cc2COC1NC1CCOc2ccccc21. The number of nitrogens with one attached hydrogen (secondary N) is 1. The second kappa shape index (κ2) is 6.14. The maximum Gasteiger partial charge on any atom is 0.322 e. The van der Waals surface area contributed by atoms with Crippen LogP contribution in [0.1, 0.15) is 23.6 Å². The van der Waals surface area contributed by atoms with Gasteiger partial charge in [0.25, 0.3) is 0 Å². The number of amides is 2. The molecule has 6 heteroatoms. The molecule has 0 aromatic heterocycles. The second-order valence-electron chi connectivity index (χ2n) is 5.82. The number of carbonyl (C=O) groups excluding carboxylic acids is 1. The van der Waals surface area contributed by atoms with Crippen molar-refractivity contribution >= 4 is 11.7 Å². The summed E-state index contributed by atoms with van der Waals surface area (Å²) in [5.74, 6) is 0.859. The number of fused-ring (bicyclic) bond motifs is 2. The Labute approximate surface area is 140 Å². The number of nitrogens with two attached hydrogens (primary N) is 1. The summed E-state index contributed by atoms with van der Waals surface area (Å²) in [5, 5.41) is 3.40. The number of rotatable bonds is 2. The fourth-order valence-corrected chi connectivity index (χ4v) is 3.22. The zero-order valence-corrected chi connectivity index (χ0v) is 13.1. The van der Waals surface area contributed by atoms with E-state index in [1.807, 2.05) is 36.4 Å². The summed E-state index contributed by atoms with van der Waals surface area (Å²) < 4.78 is 11.5. The molecule has 1 radical (unpaired) electrons. The van der Waals surface area contributed by atoms with Crippen LogP contribution >= 0.6 is 0 Å². The molecule has 24 heavy (non-hydrogen) atoms. The van der Waals surface area contributed by atoms with Gasteiger partial charge in [-0.25, -0.2) is 4.79 Å². The van der Waals surface area contributed by atoms with Gasteiger partial charge in [-0.1, -0.05) is 24.3 Å². The molecular formula is C18H18N3O3. The van der Waals surface area contributed by atoms with E-state index in [1.165, 1.54) is 4.90 Å². The van der Waals surface area contributed by atoms with Crippen LogP contribution < -0.4 is 20.7 Å². The lowest BCUT2D eigenvalue weighted by Crippen LogP contribution is -2.56. The van der Waals surface area contributed by atoms with Crippen molar-refractivity contribution in [1.29, 1.82) is 0 Å². The Bertz CT molecular complexity index is 765. The molecule has 2 aromatic carbocycles. The number of primary amides is 1. The predicted octanol–water partition coefficient (Wildman–Crippen LogP) is 2.30. The third kappa shape index (κ3) is 2.60. The van der Waals surface area contributed by atoms with Crippen LogP contribution in [0.2, 0.25) is 0 Å². The molecule has 4 rings (SSSR count). The van der Waals surface area contributed by atoms with Crippen molar-refractivity contribution in [3.63, 3.8) is 0 Å². The fourth-order valence-electron chi connectivity index (χ4n) is 3.22. The van der Waals surface area contributed by atoms with Gasteiger partial charge in [-0.2, -0.15) is 0 Å². The third-order valence-electron chi connectivity index (χ3n) is 4.35. The second-order valence-corrected chi connectivity index (χ2v) is 5.82. The van der Waals surface area contributed by atoms with Gasteiger partial charge in [-0.15, -0.1) is 0 Å². The highest BCUT2D eigenvalue weighted by Gasteiger charge is 2.33. The van der Waals surface area contributed by atoms with E-state index in [1.54, 1.807) is 6.07 Å². The van der Waals surface area contributed by atoms with E-state index in [0.717, 1.165) is 29.0 Å². The molecule has 0 bridgehead atoms. The summed E-state index contributed by atoms with van der Waals surface area (Å²) >= 11 is 0. The number of urea groups is 1. The van der Waals surface area contributed by atoms with Crippen LogP contribution in [0, 0.1) is 6.07 Å². The maximum absolute atomic E-state index is 12.0. The monoisotopic (exact) mass is 324 g/mol. The van der Waals surface area contributed by atoms with Gasteiger partial charge in [0.15, 0.2) is 6.35 Å². The van der Waals surface area contributed by atoms with Crippen LogP contribution in [-0.2, 0) is 11.3 Å². The van der Waals surface area contributed by atoms with E-state index in [0.29, 0.717) is 13.2 Å². The van der Waals surface area contributed by atoms with Crippen LogP contribution in [0.5, 0.6) is 5.75 Å². The Morgan fingerprint density at radius 2 is 2.21 bits per heavy atom. The van der Waals surface area contributed by atoms with E-state index in [9.17, 15) is 4.79 Å². The molecule has 3 N–H and O–H groups in total. The average Bonchev–Trinajstić information content (AvgIpc) is 2.61. The first-order valence-electron chi connectivity index (χ1n) is 7.91. The highest BCUT2D eigenvalue weighted by Crippen LogP contribution is 2.34. The maximum atomic E-state index is 12.0. The van der Waals surface area contributed by atoms with Crippen molar-refractivity contribution in [2.75, 3.05) is 11.5 Å². The summed E-state index contributed by atoms with van der Waals surface area (Å²) in [7, 11) is 0. The highest BCUT2D eigenvalue weighted by molar-refractivity contribution is 5.92. The topological polar surface area (TPSA) is 76.8 Å². The molecule has 2 aromatic rings. The molecule has 2 aliphatic rings. The minimum absolute atomic E-state index is 0.0265. The zero-order chi connectivity index (χ0) is 16.5. The molecular weight excluding hydrogens is 306 g/mol. The van der Waals surface area contributed by atoms with Crippen molar-refractivity contribution in [2.24, 2.45) is 5.73 Å². The average molecular weight is 324 g/mol. The molecule has 2 amide bonds. The van der Waals surface area contributed by atoms with Crippen LogP contribution in [-0.4, -0.2) is 19.0 Å². The number of ether oxygens (including phenoxy) is 2. The molecule has 123 valence electrons. The lowest BCUT2D eigenvalue weighted by atomic mass is 10.0. The Hall–Kier alpha value is -2.57. The van der Waals surface area contributed by atoms with Crippen molar-refractivity contribution in [2.45, 2.75) is 25.4 Å². The van der Waals surface area contributed by atoms with Crippen molar-refractivity contribution < 1.29 is 14.3 Å². The number of carbonyl (C=O) groups is 1. The highest BCUT2D eigenvalue weighted by atomic mass is 16.5. The quantitative estimate of drug-likeness (QED) is 0.889. The number of nitrogens with zero attached hydrogens (tertiary/aromatic N) is 1. The Kier molecular flexibility index (Phi) is 3.84. The Balaban J connectivity index is 1.62. The fraction of sp³-hybridized carbons (Fsp3) is 0.278. The number of hydrogen-bond acceptors (Lipinski definition) is 4. The number of benzene rings is 2. The van der Waals surface area contributed by atoms with Crippen molar-refractivity contribution in [3.05, 3.63) is 59.7 Å². The minimum Gasteiger partial charge on any atom is -0.493 e. The van der Waals surface area contributed by atoms with E-state index in [4.69, 9.17) is 15.2 Å². The van der Waals surface area contributed by atoms with Gasteiger partial charge in [-0.3, -0.25) is 10.2 Å². The number of hydrogen-bond donors (Lipinski definition) is 2. The lowest BCUT2D eigenvalue weighted by molar-refractivity contribution is 0.000832. The van der Waals surface area contributed by atoms with Crippen LogP contribution in [0.4, 0.5) is 10.5 Å². The summed E-state index contributed by atoms with van der Waals surface area (Å²) in [6.07, 6.45) is 0.173. The zero-order valence-electron chi connectivity index (χ0n) is 13.1. The summed E-state index contributed by atoms with van der Waals surface area (Å²) in [4.78, 5) is 13.5. The molecule has 6 nitrogen and oxygen atoms in total. The van der Waals surface area contributed by atoms with Gasteiger partial charge in [0, 0.05) is 23.6 Å². The molecule has 2 atom stereocenters. The minimum atomic E-state index is -0.617. The Morgan fingerprint density at radius 1 is 1.33 bits per heavy atom. The first-order valence-corrected chi connectivity index (χ1v) is 7.91. The molecule has 0 saturated carbocycles. The van der Waals surface area contributed by atoms with Gasteiger partial charge in [0.05, 0.1) is 18.9 Å². The van der Waals surface area contributed by atoms with Crippen molar-refractivity contribution in [1.82, 2.24) is 5.32 Å². The number of para-hydroxylation sites is 1. The Morgan fingerprint density at radius 3 is 3.08 bits per heavy atom. The first-order chi connectivity index (χ1) is 11.7. The van der Waals surface area contributed by atoms with E-state index < -0.39 is 12.4 Å². The molecule has 0 aliphatic carbocycles. The third-order valence-corrected chi connectivity index (χ3v) is 4.35. The van der Waals surface area contributed by atoms with E-state index >= 15 is 0 Å². The summed E-state index contributed by atoms with van der Waals surface area (Å²) in [6.45, 7) is 1.02.